The molecule has 5 heteroatoms. The fraction of sp³-hybridized carbons (Fsp3) is 0.611. The van der Waals surface area contributed by atoms with E-state index in [4.69, 9.17) is 0 Å². The Morgan fingerprint density at radius 2 is 1.78 bits per heavy atom. The highest BCUT2D eigenvalue weighted by atomic mass is 16.3. The van der Waals surface area contributed by atoms with Crippen LogP contribution in [0.25, 0.3) is 0 Å². The molecule has 2 N–H and O–H groups in total. The topological polar surface area (TPSA) is 55.8 Å². The largest absolute Gasteiger partial charge is 0.508 e. The molecule has 0 aliphatic rings. The van der Waals surface area contributed by atoms with E-state index >= 15 is 0 Å². The second kappa shape index (κ2) is 11.0. The summed E-state index contributed by atoms with van der Waals surface area (Å²) in [6.45, 7) is 10.1. The van der Waals surface area contributed by atoms with Gasteiger partial charge in [-0.15, -0.1) is 0 Å². The first-order valence-corrected chi connectivity index (χ1v) is 8.50. The normalized spacial score (nSPS) is 11.2. The second-order valence-corrected chi connectivity index (χ2v) is 5.93. The number of nitrogens with zero attached hydrogens (tertiary/aromatic N) is 2. The summed E-state index contributed by atoms with van der Waals surface area (Å²) in [6.07, 6.45) is 1.48. The van der Waals surface area contributed by atoms with Crippen LogP contribution in [0.15, 0.2) is 24.3 Å². The number of likely N-dealkylation sites (N-methyl/N-ethyl adjacent to an activating group) is 1. The van der Waals surface area contributed by atoms with Crippen LogP contribution in [0.5, 0.6) is 5.75 Å². The average Bonchev–Trinajstić information content (AvgIpc) is 2.54. The Balaban J connectivity index is 2.28. The Labute approximate surface area is 140 Å². The van der Waals surface area contributed by atoms with Gasteiger partial charge in [0.1, 0.15) is 5.75 Å². The number of rotatable bonds is 11. The second-order valence-electron chi connectivity index (χ2n) is 5.93. The molecule has 23 heavy (non-hydrogen) atoms. The van der Waals surface area contributed by atoms with Gasteiger partial charge in [0.25, 0.3) is 0 Å². The van der Waals surface area contributed by atoms with Crippen molar-refractivity contribution < 1.29 is 9.90 Å². The van der Waals surface area contributed by atoms with Crippen molar-refractivity contribution in [3.63, 3.8) is 0 Å². The third-order valence-electron chi connectivity index (χ3n) is 3.93. The van der Waals surface area contributed by atoms with Gasteiger partial charge < -0.3 is 20.2 Å². The molecule has 1 aromatic carbocycles. The molecule has 0 heterocycles. The van der Waals surface area contributed by atoms with E-state index in [1.54, 1.807) is 24.3 Å². The van der Waals surface area contributed by atoms with Crippen LogP contribution in [0.3, 0.4) is 0 Å². The fourth-order valence-electron chi connectivity index (χ4n) is 2.34. The summed E-state index contributed by atoms with van der Waals surface area (Å²) in [4.78, 5) is 16.6. The monoisotopic (exact) mass is 321 g/mol. The lowest BCUT2D eigenvalue weighted by Gasteiger charge is -2.24. The Morgan fingerprint density at radius 3 is 2.39 bits per heavy atom. The van der Waals surface area contributed by atoms with Crippen molar-refractivity contribution in [2.45, 2.75) is 26.7 Å². The van der Waals surface area contributed by atoms with Crippen molar-refractivity contribution in [2.24, 2.45) is 0 Å². The van der Waals surface area contributed by atoms with Crippen LogP contribution in [-0.2, 0) is 11.2 Å². The maximum absolute atomic E-state index is 11.9. The van der Waals surface area contributed by atoms with E-state index in [1.807, 2.05) is 0 Å². The van der Waals surface area contributed by atoms with Gasteiger partial charge in [-0.25, -0.2) is 0 Å². The van der Waals surface area contributed by atoms with Crippen LogP contribution in [0.1, 0.15) is 25.8 Å². The summed E-state index contributed by atoms with van der Waals surface area (Å²) < 4.78 is 0. The maximum atomic E-state index is 11.9. The van der Waals surface area contributed by atoms with Gasteiger partial charge >= 0.3 is 0 Å². The first-order chi connectivity index (χ1) is 11.0. The van der Waals surface area contributed by atoms with Gasteiger partial charge in [0, 0.05) is 26.2 Å². The number of hydrogen-bond acceptors (Lipinski definition) is 4. The molecular formula is C18H31N3O2. The molecule has 0 fully saturated rings. The summed E-state index contributed by atoms with van der Waals surface area (Å²) in [5, 5.41) is 12.2. The van der Waals surface area contributed by atoms with E-state index < -0.39 is 0 Å². The lowest BCUT2D eigenvalue weighted by Crippen LogP contribution is -2.39. The smallest absolute Gasteiger partial charge is 0.224 e. The van der Waals surface area contributed by atoms with Crippen molar-refractivity contribution >= 4 is 5.91 Å². The summed E-state index contributed by atoms with van der Waals surface area (Å²) in [5.74, 6) is 0.249. The minimum atomic E-state index is 0.0258. The fourth-order valence-corrected chi connectivity index (χ4v) is 2.34. The van der Waals surface area contributed by atoms with E-state index in [1.165, 1.54) is 0 Å². The quantitative estimate of drug-likeness (QED) is 0.651. The molecule has 0 spiro atoms. The molecule has 1 rings (SSSR count). The molecule has 0 saturated carbocycles. The summed E-state index contributed by atoms with van der Waals surface area (Å²) in [5.41, 5.74) is 0.912. The number of amides is 1. The first kappa shape index (κ1) is 19.5. The maximum Gasteiger partial charge on any atom is 0.224 e. The van der Waals surface area contributed by atoms with E-state index in [-0.39, 0.29) is 11.7 Å². The molecule has 1 amide bonds. The summed E-state index contributed by atoms with van der Waals surface area (Å²) in [7, 11) is 2.13. The van der Waals surface area contributed by atoms with E-state index in [9.17, 15) is 9.90 Å². The number of benzene rings is 1. The summed E-state index contributed by atoms with van der Waals surface area (Å²) >= 11 is 0. The predicted molar refractivity (Wildman–Crippen MR) is 94.7 cm³/mol. The van der Waals surface area contributed by atoms with Crippen LogP contribution < -0.4 is 5.32 Å². The van der Waals surface area contributed by atoms with Gasteiger partial charge in [-0.3, -0.25) is 4.79 Å². The zero-order valence-electron chi connectivity index (χ0n) is 14.7. The SMILES string of the molecule is CCCN(CCNC(=O)Cc1ccc(O)cc1)CCN(C)CC. The Morgan fingerprint density at radius 1 is 1.09 bits per heavy atom. The molecule has 0 radical (unpaired) electrons. The number of phenolic OH excluding ortho intramolecular Hbond substituents is 1. The molecule has 130 valence electrons. The predicted octanol–water partition coefficient (Wildman–Crippen LogP) is 1.71. The molecule has 0 saturated heterocycles. The number of aromatic hydroxyl groups is 1. The Bertz CT molecular complexity index is 448. The average molecular weight is 321 g/mol. The van der Waals surface area contributed by atoms with Crippen molar-refractivity contribution in [1.82, 2.24) is 15.1 Å². The van der Waals surface area contributed by atoms with Crippen LogP contribution in [0.4, 0.5) is 0 Å². The van der Waals surface area contributed by atoms with Crippen molar-refractivity contribution in [3.8, 4) is 5.75 Å². The van der Waals surface area contributed by atoms with E-state index in [2.05, 4.69) is 36.0 Å². The standard InChI is InChI=1S/C18H31N3O2/c1-4-11-21(14-13-20(3)5-2)12-10-19-18(23)15-16-6-8-17(22)9-7-16/h6-9,22H,4-5,10-15H2,1-3H3,(H,19,23). The molecule has 1 aromatic rings. The van der Waals surface area contributed by atoms with E-state index in [0.29, 0.717) is 13.0 Å². The van der Waals surface area contributed by atoms with Gasteiger partial charge in [-0.2, -0.15) is 0 Å². The molecule has 5 nitrogen and oxygen atoms in total. The zero-order chi connectivity index (χ0) is 17.1. The zero-order valence-corrected chi connectivity index (χ0v) is 14.7. The molecule has 0 bridgehead atoms. The van der Waals surface area contributed by atoms with Gasteiger partial charge in [0.05, 0.1) is 6.42 Å². The number of hydrogen-bond donors (Lipinski definition) is 2. The van der Waals surface area contributed by atoms with Gasteiger partial charge in [0.2, 0.25) is 5.91 Å². The minimum absolute atomic E-state index is 0.0258. The number of carbonyl (C=O) groups is 1. The molecule has 0 aliphatic heterocycles. The lowest BCUT2D eigenvalue weighted by atomic mass is 10.1. The first-order valence-electron chi connectivity index (χ1n) is 8.50. The van der Waals surface area contributed by atoms with Gasteiger partial charge in [-0.05, 0) is 44.3 Å². The lowest BCUT2D eigenvalue weighted by molar-refractivity contribution is -0.120. The Kier molecular flexibility index (Phi) is 9.33. The molecule has 0 aliphatic carbocycles. The number of phenols is 1. The van der Waals surface area contributed by atoms with Crippen molar-refractivity contribution in [3.05, 3.63) is 29.8 Å². The van der Waals surface area contributed by atoms with Crippen molar-refractivity contribution in [2.75, 3.05) is 46.3 Å². The summed E-state index contributed by atoms with van der Waals surface area (Å²) in [6, 6.07) is 6.77. The van der Waals surface area contributed by atoms with Crippen LogP contribution in [0, 0.1) is 0 Å². The molecule has 0 aromatic heterocycles. The highest BCUT2D eigenvalue weighted by Gasteiger charge is 2.07. The number of carbonyl (C=O) groups excluding carboxylic acids is 1. The highest BCUT2D eigenvalue weighted by Crippen LogP contribution is 2.09. The Hall–Kier alpha value is -1.59. The third kappa shape index (κ3) is 8.57. The molecular weight excluding hydrogens is 290 g/mol. The van der Waals surface area contributed by atoms with E-state index in [0.717, 1.165) is 44.7 Å². The van der Waals surface area contributed by atoms with Crippen LogP contribution in [0.2, 0.25) is 0 Å². The minimum Gasteiger partial charge on any atom is -0.508 e. The van der Waals surface area contributed by atoms with Crippen LogP contribution in [-0.4, -0.2) is 67.1 Å². The van der Waals surface area contributed by atoms with Crippen molar-refractivity contribution in [1.29, 1.82) is 0 Å². The molecule has 0 atom stereocenters. The van der Waals surface area contributed by atoms with Gasteiger partial charge in [-0.1, -0.05) is 26.0 Å². The van der Waals surface area contributed by atoms with Crippen LogP contribution >= 0.6 is 0 Å². The molecule has 0 unspecified atom stereocenters. The highest BCUT2D eigenvalue weighted by molar-refractivity contribution is 5.78. The van der Waals surface area contributed by atoms with Gasteiger partial charge in [0.15, 0.2) is 0 Å². The number of nitrogens with one attached hydrogen (secondary N) is 1. The third-order valence-corrected chi connectivity index (χ3v) is 3.93.